The Bertz CT molecular complexity index is 1020. The lowest BCUT2D eigenvalue weighted by Gasteiger charge is -2.10. The van der Waals surface area contributed by atoms with E-state index < -0.39 is 0 Å². The van der Waals surface area contributed by atoms with E-state index in [1.807, 2.05) is 36.7 Å². The summed E-state index contributed by atoms with van der Waals surface area (Å²) in [6.45, 7) is 0.290. The maximum atomic E-state index is 6.19. The lowest BCUT2D eigenvalue weighted by molar-refractivity contribution is 0.305. The molecule has 0 saturated carbocycles. The van der Waals surface area contributed by atoms with E-state index in [1.165, 1.54) is 0 Å². The van der Waals surface area contributed by atoms with Gasteiger partial charge in [0.15, 0.2) is 0 Å². The van der Waals surface area contributed by atoms with E-state index in [-0.39, 0.29) is 6.61 Å². The average Bonchev–Trinajstić information content (AvgIpc) is 3.10. The second-order valence-corrected chi connectivity index (χ2v) is 6.46. The molecular weight excluding hydrogens is 355 g/mol. The maximum absolute atomic E-state index is 6.19. The SMILES string of the molecule is Clc1cccc(Cl)c1COc1cncc(-c2cccc3[nH]ccc23)c1. The molecule has 0 amide bonds. The first-order chi connectivity index (χ1) is 12.2. The van der Waals surface area contributed by atoms with Gasteiger partial charge in [-0.15, -0.1) is 0 Å². The fourth-order valence-electron chi connectivity index (χ4n) is 2.81. The van der Waals surface area contributed by atoms with Crippen molar-refractivity contribution in [3.05, 3.63) is 82.7 Å². The van der Waals surface area contributed by atoms with Crippen LogP contribution in [0.1, 0.15) is 5.56 Å². The summed E-state index contributed by atoms with van der Waals surface area (Å²) in [5.41, 5.74) is 3.95. The Kier molecular flexibility index (Phi) is 4.35. The molecule has 4 rings (SSSR count). The molecule has 2 aromatic heterocycles. The van der Waals surface area contributed by atoms with E-state index in [2.05, 4.69) is 22.1 Å². The number of rotatable bonds is 4. The third-order valence-corrected chi connectivity index (χ3v) is 4.77. The molecular formula is C20H14Cl2N2O. The zero-order valence-corrected chi connectivity index (χ0v) is 14.7. The second-order valence-electron chi connectivity index (χ2n) is 5.64. The Morgan fingerprint density at radius 3 is 2.60 bits per heavy atom. The monoisotopic (exact) mass is 368 g/mol. The third kappa shape index (κ3) is 3.21. The number of nitrogens with one attached hydrogen (secondary N) is 1. The quantitative estimate of drug-likeness (QED) is 0.471. The van der Waals surface area contributed by atoms with Crippen molar-refractivity contribution in [3.63, 3.8) is 0 Å². The largest absolute Gasteiger partial charge is 0.487 e. The lowest BCUT2D eigenvalue weighted by Crippen LogP contribution is -1.98. The van der Waals surface area contributed by atoms with Crippen LogP contribution in [0.4, 0.5) is 0 Å². The number of benzene rings is 2. The third-order valence-electron chi connectivity index (χ3n) is 4.06. The Labute approximate surface area is 155 Å². The Hall–Kier alpha value is -2.49. The zero-order valence-electron chi connectivity index (χ0n) is 13.2. The van der Waals surface area contributed by atoms with Crippen molar-refractivity contribution in [1.82, 2.24) is 9.97 Å². The highest BCUT2D eigenvalue weighted by Gasteiger charge is 2.09. The van der Waals surface area contributed by atoms with Gasteiger partial charge in [-0.2, -0.15) is 0 Å². The zero-order chi connectivity index (χ0) is 17.2. The van der Waals surface area contributed by atoms with Gasteiger partial charge in [0.05, 0.1) is 6.20 Å². The van der Waals surface area contributed by atoms with Crippen molar-refractivity contribution in [3.8, 4) is 16.9 Å². The van der Waals surface area contributed by atoms with Gasteiger partial charge in [0.25, 0.3) is 0 Å². The molecule has 0 unspecified atom stereocenters. The van der Waals surface area contributed by atoms with Gasteiger partial charge in [-0.25, -0.2) is 0 Å². The summed E-state index contributed by atoms with van der Waals surface area (Å²) in [7, 11) is 0. The predicted molar refractivity (Wildman–Crippen MR) is 102 cm³/mol. The van der Waals surface area contributed by atoms with Gasteiger partial charge in [-0.3, -0.25) is 4.98 Å². The molecule has 0 spiro atoms. The van der Waals surface area contributed by atoms with Crippen molar-refractivity contribution >= 4 is 34.1 Å². The molecule has 3 nitrogen and oxygen atoms in total. The second kappa shape index (κ2) is 6.79. The molecule has 2 aromatic carbocycles. The van der Waals surface area contributed by atoms with E-state index in [0.29, 0.717) is 15.8 Å². The topological polar surface area (TPSA) is 37.9 Å². The van der Waals surface area contributed by atoms with Crippen LogP contribution in [0, 0.1) is 0 Å². The molecule has 0 aliphatic carbocycles. The van der Waals surface area contributed by atoms with E-state index in [4.69, 9.17) is 27.9 Å². The average molecular weight is 369 g/mol. The number of nitrogens with zero attached hydrogens (tertiary/aromatic N) is 1. The highest BCUT2D eigenvalue weighted by molar-refractivity contribution is 6.35. The molecule has 0 saturated heterocycles. The van der Waals surface area contributed by atoms with Crippen LogP contribution < -0.4 is 4.74 Å². The highest BCUT2D eigenvalue weighted by Crippen LogP contribution is 2.30. The minimum absolute atomic E-state index is 0.290. The van der Waals surface area contributed by atoms with Gasteiger partial charge in [-0.1, -0.05) is 41.4 Å². The number of pyridine rings is 1. The summed E-state index contributed by atoms with van der Waals surface area (Å²) in [6.07, 6.45) is 5.45. The summed E-state index contributed by atoms with van der Waals surface area (Å²) >= 11 is 12.4. The number of H-pyrrole nitrogens is 1. The first kappa shape index (κ1) is 16.0. The first-order valence-electron chi connectivity index (χ1n) is 7.79. The van der Waals surface area contributed by atoms with E-state index in [1.54, 1.807) is 18.3 Å². The van der Waals surface area contributed by atoms with Crippen molar-refractivity contribution < 1.29 is 4.74 Å². The van der Waals surface area contributed by atoms with Gasteiger partial charge >= 0.3 is 0 Å². The smallest absolute Gasteiger partial charge is 0.138 e. The van der Waals surface area contributed by atoms with Crippen LogP contribution >= 0.6 is 23.2 Å². The molecule has 25 heavy (non-hydrogen) atoms. The van der Waals surface area contributed by atoms with E-state index >= 15 is 0 Å². The molecule has 0 radical (unpaired) electrons. The summed E-state index contributed by atoms with van der Waals surface area (Å²) in [5, 5.41) is 2.33. The predicted octanol–water partition coefficient (Wildman–Crippen LogP) is 6.12. The van der Waals surface area contributed by atoms with Gasteiger partial charge in [-0.05, 0) is 35.9 Å². The molecule has 0 aliphatic rings. The van der Waals surface area contributed by atoms with Gasteiger partial charge in [0.1, 0.15) is 12.4 Å². The van der Waals surface area contributed by atoms with E-state index in [9.17, 15) is 0 Å². The van der Waals surface area contributed by atoms with Crippen LogP contribution in [-0.4, -0.2) is 9.97 Å². The van der Waals surface area contributed by atoms with Crippen LogP contribution in [0.25, 0.3) is 22.0 Å². The molecule has 0 aliphatic heterocycles. The Morgan fingerprint density at radius 2 is 1.76 bits per heavy atom. The van der Waals surface area contributed by atoms with Crippen LogP contribution in [-0.2, 0) is 6.61 Å². The summed E-state index contributed by atoms with van der Waals surface area (Å²) in [5.74, 6) is 0.668. The molecule has 5 heteroatoms. The number of hydrogen-bond donors (Lipinski definition) is 1. The number of ether oxygens (including phenoxy) is 1. The molecule has 0 bridgehead atoms. The van der Waals surface area contributed by atoms with Crippen molar-refractivity contribution in [2.75, 3.05) is 0 Å². The molecule has 2 heterocycles. The number of aromatic nitrogens is 2. The van der Waals surface area contributed by atoms with Crippen LogP contribution in [0.3, 0.4) is 0 Å². The van der Waals surface area contributed by atoms with Crippen LogP contribution in [0.2, 0.25) is 10.0 Å². The Morgan fingerprint density at radius 1 is 0.960 bits per heavy atom. The fraction of sp³-hybridized carbons (Fsp3) is 0.0500. The molecule has 1 N–H and O–H groups in total. The van der Waals surface area contributed by atoms with Crippen molar-refractivity contribution in [2.24, 2.45) is 0 Å². The van der Waals surface area contributed by atoms with Crippen molar-refractivity contribution in [1.29, 1.82) is 0 Å². The fourth-order valence-corrected chi connectivity index (χ4v) is 3.31. The number of fused-ring (bicyclic) bond motifs is 1. The highest BCUT2D eigenvalue weighted by atomic mass is 35.5. The van der Waals surface area contributed by atoms with E-state index in [0.717, 1.165) is 27.6 Å². The lowest BCUT2D eigenvalue weighted by atomic mass is 10.0. The van der Waals surface area contributed by atoms with Crippen LogP contribution in [0.15, 0.2) is 67.1 Å². The van der Waals surface area contributed by atoms with Crippen LogP contribution in [0.5, 0.6) is 5.75 Å². The Balaban J connectivity index is 1.63. The summed E-state index contributed by atoms with van der Waals surface area (Å²) in [6, 6.07) is 15.6. The standard InChI is InChI=1S/C20H14Cl2N2O/c21-18-4-2-5-19(22)17(18)12-25-14-9-13(10-23-11-14)15-3-1-6-20-16(15)7-8-24-20/h1-11,24H,12H2. The molecule has 0 fully saturated rings. The van der Waals surface area contributed by atoms with Crippen molar-refractivity contribution in [2.45, 2.75) is 6.61 Å². The van der Waals surface area contributed by atoms with Gasteiger partial charge < -0.3 is 9.72 Å². The number of hydrogen-bond acceptors (Lipinski definition) is 2. The summed E-state index contributed by atoms with van der Waals surface area (Å²) in [4.78, 5) is 7.53. The minimum atomic E-state index is 0.290. The number of aromatic amines is 1. The normalized spacial score (nSPS) is 11.0. The maximum Gasteiger partial charge on any atom is 0.138 e. The molecule has 4 aromatic rings. The molecule has 124 valence electrons. The molecule has 0 atom stereocenters. The summed E-state index contributed by atoms with van der Waals surface area (Å²) < 4.78 is 5.87. The number of halogens is 2. The first-order valence-corrected chi connectivity index (χ1v) is 8.55. The van der Waals surface area contributed by atoms with Gasteiger partial charge in [0.2, 0.25) is 0 Å². The minimum Gasteiger partial charge on any atom is -0.487 e. The van der Waals surface area contributed by atoms with Gasteiger partial charge in [0, 0.05) is 44.5 Å².